The molecule has 0 radical (unpaired) electrons. The maximum Gasteiger partial charge on any atom is 0.371 e. The van der Waals surface area contributed by atoms with Crippen LogP contribution in [0.15, 0.2) is 41.5 Å². The number of benzene rings is 2. The van der Waals surface area contributed by atoms with Crippen LogP contribution in [-0.4, -0.2) is 49.4 Å². The highest BCUT2D eigenvalue weighted by Gasteiger charge is 2.21. The van der Waals surface area contributed by atoms with Gasteiger partial charge in [-0.2, -0.15) is 0 Å². The minimum absolute atomic E-state index is 0.0764. The number of carboxylic acid groups (broad SMARTS) is 1. The maximum atomic E-state index is 15.5. The molecule has 0 spiro atoms. The van der Waals surface area contributed by atoms with Gasteiger partial charge in [-0.1, -0.05) is 26.0 Å². The van der Waals surface area contributed by atoms with Crippen molar-refractivity contribution >= 4 is 34.4 Å². The van der Waals surface area contributed by atoms with Crippen LogP contribution in [0.2, 0.25) is 0 Å². The molecule has 0 aliphatic carbocycles. The summed E-state index contributed by atoms with van der Waals surface area (Å²) < 4.78 is 60.2. The van der Waals surface area contributed by atoms with Gasteiger partial charge in [-0.25, -0.2) is 22.9 Å². The van der Waals surface area contributed by atoms with Crippen LogP contribution in [0.5, 0.6) is 0 Å². The van der Waals surface area contributed by atoms with Crippen LogP contribution < -0.4 is 5.32 Å². The summed E-state index contributed by atoms with van der Waals surface area (Å²) in [6.07, 6.45) is 0.590. The fourth-order valence-corrected chi connectivity index (χ4v) is 4.43. The number of thiazole rings is 1. The Balaban J connectivity index is 1.77. The van der Waals surface area contributed by atoms with Gasteiger partial charge in [0.15, 0.2) is 5.13 Å². The van der Waals surface area contributed by atoms with Gasteiger partial charge < -0.3 is 19.3 Å². The summed E-state index contributed by atoms with van der Waals surface area (Å²) in [7, 11) is 2.54. The number of anilines is 1. The summed E-state index contributed by atoms with van der Waals surface area (Å²) in [4.78, 5) is 28.0. The van der Waals surface area contributed by atoms with Crippen molar-refractivity contribution in [2.24, 2.45) is 5.92 Å². The highest BCUT2D eigenvalue weighted by atomic mass is 32.1. The molecule has 2 N–H and O–H groups in total. The Kier molecular flexibility index (Phi) is 10.8. The summed E-state index contributed by atoms with van der Waals surface area (Å²) in [6.45, 7) is 5.06. The molecule has 2 aromatic carbocycles. The molecule has 1 aromatic heterocycles. The van der Waals surface area contributed by atoms with Gasteiger partial charge in [-0.05, 0) is 24.1 Å². The number of rotatable bonds is 13. The van der Waals surface area contributed by atoms with Crippen LogP contribution in [0.4, 0.5) is 18.3 Å². The number of methoxy groups -OCH3 is 2. The van der Waals surface area contributed by atoms with Gasteiger partial charge in [-0.3, -0.25) is 10.1 Å². The number of nitrogens with one attached hydrogen (secondary N) is 1. The highest BCUT2D eigenvalue weighted by Crippen LogP contribution is 2.33. The van der Waals surface area contributed by atoms with Crippen LogP contribution in [-0.2, 0) is 19.0 Å². The maximum absolute atomic E-state index is 15.5. The van der Waals surface area contributed by atoms with Crippen molar-refractivity contribution in [1.29, 1.82) is 0 Å². The molecule has 40 heavy (non-hydrogen) atoms. The van der Waals surface area contributed by atoms with E-state index < -0.39 is 46.8 Å². The molecule has 3 rings (SSSR count). The second-order valence-corrected chi connectivity index (χ2v) is 9.91. The Bertz CT molecular complexity index is 1370. The minimum atomic E-state index is -1.52. The molecule has 12 heteroatoms. The van der Waals surface area contributed by atoms with Gasteiger partial charge in [0.2, 0.25) is 5.76 Å². The van der Waals surface area contributed by atoms with E-state index in [2.05, 4.69) is 15.0 Å². The predicted molar refractivity (Wildman–Crippen MR) is 144 cm³/mol. The van der Waals surface area contributed by atoms with E-state index in [9.17, 15) is 18.4 Å². The molecular formula is C28H29F3N2O6S. The van der Waals surface area contributed by atoms with Crippen molar-refractivity contribution in [2.75, 3.05) is 32.8 Å². The quantitative estimate of drug-likeness (QED) is 0.139. The summed E-state index contributed by atoms with van der Waals surface area (Å²) in [5, 5.41) is 13.1. The van der Waals surface area contributed by atoms with Crippen LogP contribution >= 0.6 is 11.3 Å². The topological polar surface area (TPSA) is 107 Å². The number of nitrogens with zero attached hydrogens (tertiary/aromatic N) is 1. The monoisotopic (exact) mass is 578 g/mol. The molecule has 214 valence electrons. The minimum Gasteiger partial charge on any atom is -0.490 e. The largest absolute Gasteiger partial charge is 0.490 e. The smallest absolute Gasteiger partial charge is 0.371 e. The zero-order valence-corrected chi connectivity index (χ0v) is 23.1. The normalized spacial score (nSPS) is 12.4. The molecule has 3 aromatic rings. The number of carbonyl (C=O) groups excluding carboxylic acids is 1. The lowest BCUT2D eigenvalue weighted by molar-refractivity contribution is -0.135. The number of amides is 1. The average molecular weight is 579 g/mol. The number of hydrogen-bond acceptors (Lipinski definition) is 7. The molecule has 8 nitrogen and oxygen atoms in total. The van der Waals surface area contributed by atoms with Gasteiger partial charge in [0.1, 0.15) is 17.5 Å². The molecule has 0 bridgehead atoms. The molecule has 1 amide bonds. The standard InChI is InChI=1S/C28H29F3N2O6S/c1-15(2)13-39-9-8-23(37-3)18-7-5-6-17(25(18)31)22-14-40-28(32-22)33-26(34)16-10-20(29)19(21(30)11-16)12-24(38-4)27(35)36/h5-7,10-12,14-15,23H,8-9,13H2,1-4H3,(H,35,36)(H,32,33,34)/b24-12-. The summed E-state index contributed by atoms with van der Waals surface area (Å²) in [5.41, 5.74) is -0.256. The van der Waals surface area contributed by atoms with Crippen LogP contribution in [0.25, 0.3) is 17.3 Å². The Morgan fingerprint density at radius 1 is 1.15 bits per heavy atom. The van der Waals surface area contributed by atoms with Gasteiger partial charge >= 0.3 is 5.97 Å². The zero-order chi connectivity index (χ0) is 29.4. The molecule has 0 aliphatic rings. The summed E-state index contributed by atoms with van der Waals surface area (Å²) in [5.74, 6) is -5.54. The van der Waals surface area contributed by atoms with Crippen LogP contribution in [0.3, 0.4) is 0 Å². The third-order valence-corrected chi connectivity index (χ3v) is 6.44. The SMILES string of the molecule is CO/C(=C\c1c(F)cc(C(=O)Nc2nc(-c3cccc(C(CCOCC(C)C)OC)c3F)cs2)cc1F)C(=O)O. The fraction of sp³-hybridized carbons (Fsp3) is 0.321. The Morgan fingerprint density at radius 2 is 1.85 bits per heavy atom. The second kappa shape index (κ2) is 14.1. The molecule has 0 saturated heterocycles. The van der Waals surface area contributed by atoms with Crippen molar-refractivity contribution in [3.05, 3.63) is 75.6 Å². The zero-order valence-electron chi connectivity index (χ0n) is 22.3. The predicted octanol–water partition coefficient (Wildman–Crippen LogP) is 6.30. The number of halogens is 3. The second-order valence-electron chi connectivity index (χ2n) is 9.05. The number of carboxylic acids is 1. The number of ether oxygens (including phenoxy) is 3. The average Bonchev–Trinajstić information content (AvgIpc) is 3.36. The molecule has 0 saturated carbocycles. The first kappa shape index (κ1) is 30.8. The van der Waals surface area contributed by atoms with Gasteiger partial charge in [-0.15, -0.1) is 11.3 Å². The number of hydrogen-bond donors (Lipinski definition) is 2. The van der Waals surface area contributed by atoms with E-state index in [4.69, 9.17) is 14.6 Å². The van der Waals surface area contributed by atoms with E-state index in [1.54, 1.807) is 23.6 Å². The summed E-state index contributed by atoms with van der Waals surface area (Å²) >= 11 is 1.00. The van der Waals surface area contributed by atoms with Crippen molar-refractivity contribution in [3.8, 4) is 11.3 Å². The van der Waals surface area contributed by atoms with Crippen LogP contribution in [0.1, 0.15) is 47.9 Å². The fourth-order valence-electron chi connectivity index (χ4n) is 3.72. The number of aromatic nitrogens is 1. The lowest BCUT2D eigenvalue weighted by Crippen LogP contribution is -2.13. The first-order valence-corrected chi connectivity index (χ1v) is 13.1. The number of carbonyl (C=O) groups is 2. The van der Waals surface area contributed by atoms with E-state index in [1.807, 2.05) is 13.8 Å². The van der Waals surface area contributed by atoms with E-state index in [-0.39, 0.29) is 22.0 Å². The molecule has 1 unspecified atom stereocenters. The summed E-state index contributed by atoms with van der Waals surface area (Å²) in [6, 6.07) is 6.36. The van der Waals surface area contributed by atoms with Crippen LogP contribution in [0, 0.1) is 23.4 Å². The highest BCUT2D eigenvalue weighted by molar-refractivity contribution is 7.14. The Labute approximate surface area is 233 Å². The first-order chi connectivity index (χ1) is 19.0. The molecule has 1 heterocycles. The third-order valence-electron chi connectivity index (χ3n) is 5.68. The lowest BCUT2D eigenvalue weighted by atomic mass is 10.0. The van der Waals surface area contributed by atoms with Gasteiger partial charge in [0.05, 0.1) is 18.9 Å². The van der Waals surface area contributed by atoms with E-state index in [0.717, 1.165) is 30.6 Å². The van der Waals surface area contributed by atoms with Crippen molar-refractivity contribution in [2.45, 2.75) is 26.4 Å². The van der Waals surface area contributed by atoms with Gasteiger partial charge in [0.25, 0.3) is 5.91 Å². The van der Waals surface area contributed by atoms with Crippen molar-refractivity contribution in [1.82, 2.24) is 4.98 Å². The van der Waals surface area contributed by atoms with E-state index in [1.165, 1.54) is 7.11 Å². The third kappa shape index (κ3) is 7.68. The molecule has 1 atom stereocenters. The first-order valence-electron chi connectivity index (χ1n) is 12.2. The Hall–Kier alpha value is -3.74. The lowest BCUT2D eigenvalue weighted by Gasteiger charge is -2.18. The number of aliphatic carboxylic acids is 1. The van der Waals surface area contributed by atoms with Crippen molar-refractivity contribution in [3.63, 3.8) is 0 Å². The van der Waals surface area contributed by atoms with E-state index in [0.29, 0.717) is 37.2 Å². The van der Waals surface area contributed by atoms with Crippen molar-refractivity contribution < 1.29 is 42.1 Å². The molecular weight excluding hydrogens is 549 g/mol. The van der Waals surface area contributed by atoms with E-state index >= 15 is 4.39 Å². The Morgan fingerprint density at radius 3 is 2.45 bits per heavy atom. The molecule has 0 aliphatic heterocycles. The molecule has 0 fully saturated rings. The van der Waals surface area contributed by atoms with Gasteiger partial charge in [0, 0.05) is 60.5 Å².